The third kappa shape index (κ3) is 3.67. The molecule has 1 amide bonds. The standard InChI is InChI=1S/C19H18BrNO3/c1-12-7-13(2)9-16(8-12)21-11-14(10-18(21)22)19(23)24-17-5-3-15(20)4-6-17/h3-9,14H,10-11H2,1-2H3/t14-/m1/s1. The van der Waals surface area contributed by atoms with E-state index in [1.807, 2.05) is 38.1 Å². The highest BCUT2D eigenvalue weighted by Crippen LogP contribution is 2.28. The Balaban J connectivity index is 1.71. The highest BCUT2D eigenvalue weighted by molar-refractivity contribution is 9.10. The van der Waals surface area contributed by atoms with Crippen molar-refractivity contribution in [3.8, 4) is 5.75 Å². The Labute approximate surface area is 149 Å². The molecule has 1 aliphatic rings. The summed E-state index contributed by atoms with van der Waals surface area (Å²) in [5.74, 6) is -0.363. The summed E-state index contributed by atoms with van der Waals surface area (Å²) in [6.07, 6.45) is 0.183. The van der Waals surface area contributed by atoms with E-state index in [1.54, 1.807) is 17.0 Å². The molecule has 124 valence electrons. The van der Waals surface area contributed by atoms with Crippen molar-refractivity contribution in [1.29, 1.82) is 0 Å². The average molecular weight is 388 g/mol. The zero-order chi connectivity index (χ0) is 17.3. The zero-order valence-corrected chi connectivity index (χ0v) is 15.2. The number of esters is 1. The van der Waals surface area contributed by atoms with E-state index in [0.29, 0.717) is 12.3 Å². The summed E-state index contributed by atoms with van der Waals surface area (Å²) < 4.78 is 6.31. The summed E-state index contributed by atoms with van der Waals surface area (Å²) in [7, 11) is 0. The summed E-state index contributed by atoms with van der Waals surface area (Å²) in [5, 5.41) is 0. The van der Waals surface area contributed by atoms with E-state index in [4.69, 9.17) is 4.74 Å². The normalized spacial score (nSPS) is 17.2. The van der Waals surface area contributed by atoms with Gasteiger partial charge in [0.15, 0.2) is 0 Å². The van der Waals surface area contributed by atoms with Gasteiger partial charge >= 0.3 is 5.97 Å². The van der Waals surface area contributed by atoms with Gasteiger partial charge in [-0.1, -0.05) is 22.0 Å². The molecule has 2 aromatic carbocycles. The number of carbonyl (C=O) groups is 2. The molecule has 4 nitrogen and oxygen atoms in total. The second-order valence-corrected chi connectivity index (χ2v) is 7.04. The van der Waals surface area contributed by atoms with Gasteiger partial charge in [-0.05, 0) is 61.4 Å². The highest BCUT2D eigenvalue weighted by atomic mass is 79.9. The van der Waals surface area contributed by atoms with E-state index in [-0.39, 0.29) is 18.3 Å². The van der Waals surface area contributed by atoms with Crippen molar-refractivity contribution in [2.75, 3.05) is 11.4 Å². The smallest absolute Gasteiger partial charge is 0.316 e. The van der Waals surface area contributed by atoms with Crippen LogP contribution in [0.1, 0.15) is 17.5 Å². The van der Waals surface area contributed by atoms with Crippen LogP contribution in [-0.2, 0) is 9.59 Å². The number of amides is 1. The molecule has 1 aliphatic heterocycles. The van der Waals surface area contributed by atoms with Crippen molar-refractivity contribution >= 4 is 33.5 Å². The zero-order valence-electron chi connectivity index (χ0n) is 13.6. The Hall–Kier alpha value is -2.14. The molecule has 1 fully saturated rings. The summed E-state index contributed by atoms with van der Waals surface area (Å²) >= 11 is 3.34. The molecule has 0 bridgehead atoms. The lowest BCUT2D eigenvalue weighted by atomic mass is 10.1. The predicted molar refractivity (Wildman–Crippen MR) is 96.2 cm³/mol. The first-order valence-electron chi connectivity index (χ1n) is 7.78. The molecule has 0 saturated carbocycles. The van der Waals surface area contributed by atoms with Gasteiger partial charge in [0.05, 0.1) is 5.92 Å². The number of aryl methyl sites for hydroxylation is 2. The van der Waals surface area contributed by atoms with Crippen LogP contribution in [0.2, 0.25) is 0 Å². The molecule has 0 radical (unpaired) electrons. The van der Waals surface area contributed by atoms with Gasteiger partial charge in [-0.25, -0.2) is 0 Å². The quantitative estimate of drug-likeness (QED) is 0.589. The van der Waals surface area contributed by atoms with Crippen molar-refractivity contribution in [2.45, 2.75) is 20.3 Å². The first-order chi connectivity index (χ1) is 11.4. The largest absolute Gasteiger partial charge is 0.426 e. The van der Waals surface area contributed by atoms with E-state index < -0.39 is 5.92 Å². The molecule has 0 N–H and O–H groups in total. The fourth-order valence-electron chi connectivity index (χ4n) is 2.92. The molecular formula is C19H18BrNO3. The second kappa shape index (κ2) is 6.77. The van der Waals surface area contributed by atoms with Crippen LogP contribution in [0.15, 0.2) is 46.9 Å². The van der Waals surface area contributed by atoms with Gasteiger partial charge in [0.2, 0.25) is 5.91 Å². The fraction of sp³-hybridized carbons (Fsp3) is 0.263. The molecule has 0 spiro atoms. The maximum atomic E-state index is 12.3. The molecule has 1 heterocycles. The molecule has 0 aromatic heterocycles. The number of hydrogen-bond donors (Lipinski definition) is 0. The third-order valence-electron chi connectivity index (χ3n) is 4.01. The van der Waals surface area contributed by atoms with Gasteiger partial charge in [0.1, 0.15) is 5.75 Å². The minimum atomic E-state index is -0.443. The molecule has 1 atom stereocenters. The van der Waals surface area contributed by atoms with Crippen LogP contribution in [0.4, 0.5) is 5.69 Å². The van der Waals surface area contributed by atoms with Crippen LogP contribution >= 0.6 is 15.9 Å². The maximum absolute atomic E-state index is 12.3. The Kier molecular flexibility index (Phi) is 4.71. The van der Waals surface area contributed by atoms with Crippen LogP contribution in [0.5, 0.6) is 5.75 Å². The summed E-state index contributed by atoms with van der Waals surface area (Å²) in [6, 6.07) is 13.1. The molecule has 0 aliphatic carbocycles. The maximum Gasteiger partial charge on any atom is 0.316 e. The van der Waals surface area contributed by atoms with Gasteiger partial charge < -0.3 is 9.64 Å². The SMILES string of the molecule is Cc1cc(C)cc(N2C[C@H](C(=O)Oc3ccc(Br)cc3)CC2=O)c1. The molecule has 2 aromatic rings. The summed E-state index contributed by atoms with van der Waals surface area (Å²) in [6.45, 7) is 4.35. The topological polar surface area (TPSA) is 46.6 Å². The van der Waals surface area contributed by atoms with Crippen molar-refractivity contribution in [3.63, 3.8) is 0 Å². The van der Waals surface area contributed by atoms with E-state index in [2.05, 4.69) is 22.0 Å². The van der Waals surface area contributed by atoms with Gasteiger partial charge in [0, 0.05) is 23.1 Å². The fourth-order valence-corrected chi connectivity index (χ4v) is 3.19. The van der Waals surface area contributed by atoms with E-state index >= 15 is 0 Å². The van der Waals surface area contributed by atoms with E-state index in [0.717, 1.165) is 21.3 Å². The van der Waals surface area contributed by atoms with Gasteiger partial charge in [0.25, 0.3) is 0 Å². The molecule has 3 rings (SSSR count). The Bertz CT molecular complexity index is 765. The number of halogens is 1. The Morgan fingerprint density at radius 3 is 2.38 bits per heavy atom. The molecule has 1 saturated heterocycles. The predicted octanol–water partition coefficient (Wildman–Crippen LogP) is 4.02. The monoisotopic (exact) mass is 387 g/mol. The van der Waals surface area contributed by atoms with Crippen molar-refractivity contribution in [3.05, 3.63) is 58.1 Å². The van der Waals surface area contributed by atoms with Crippen molar-refractivity contribution < 1.29 is 14.3 Å². The third-order valence-corrected chi connectivity index (χ3v) is 4.54. The summed E-state index contributed by atoms with van der Waals surface area (Å²) in [4.78, 5) is 26.3. The van der Waals surface area contributed by atoms with Gasteiger partial charge in [-0.2, -0.15) is 0 Å². The Morgan fingerprint density at radius 1 is 1.12 bits per heavy atom. The molecule has 5 heteroatoms. The number of carbonyl (C=O) groups excluding carboxylic acids is 2. The molecule has 24 heavy (non-hydrogen) atoms. The lowest BCUT2D eigenvalue weighted by molar-refractivity contribution is -0.139. The number of nitrogens with zero attached hydrogens (tertiary/aromatic N) is 1. The first-order valence-corrected chi connectivity index (χ1v) is 8.57. The van der Waals surface area contributed by atoms with Crippen molar-refractivity contribution in [1.82, 2.24) is 0 Å². The molecule has 0 unspecified atom stereocenters. The second-order valence-electron chi connectivity index (χ2n) is 6.13. The number of hydrogen-bond acceptors (Lipinski definition) is 3. The highest BCUT2D eigenvalue weighted by Gasteiger charge is 2.36. The minimum absolute atomic E-state index is 0.0437. The van der Waals surface area contributed by atoms with Gasteiger partial charge in [-0.15, -0.1) is 0 Å². The number of rotatable bonds is 3. The van der Waals surface area contributed by atoms with Crippen LogP contribution < -0.4 is 9.64 Å². The van der Waals surface area contributed by atoms with Crippen molar-refractivity contribution in [2.24, 2.45) is 5.92 Å². The lowest BCUT2D eigenvalue weighted by Crippen LogP contribution is -2.27. The van der Waals surface area contributed by atoms with Crippen LogP contribution in [-0.4, -0.2) is 18.4 Å². The number of anilines is 1. The summed E-state index contributed by atoms with van der Waals surface area (Å²) in [5.41, 5.74) is 3.04. The molecular weight excluding hydrogens is 370 g/mol. The first kappa shape index (κ1) is 16.7. The number of ether oxygens (including phenoxy) is 1. The van der Waals surface area contributed by atoms with Gasteiger partial charge in [-0.3, -0.25) is 9.59 Å². The van der Waals surface area contributed by atoms with Crippen LogP contribution in [0.3, 0.4) is 0 Å². The Morgan fingerprint density at radius 2 is 1.75 bits per heavy atom. The van der Waals surface area contributed by atoms with Crippen LogP contribution in [0.25, 0.3) is 0 Å². The van der Waals surface area contributed by atoms with E-state index in [1.165, 1.54) is 0 Å². The average Bonchev–Trinajstić information content (AvgIpc) is 2.91. The number of benzene rings is 2. The minimum Gasteiger partial charge on any atom is -0.426 e. The van der Waals surface area contributed by atoms with Crippen LogP contribution in [0, 0.1) is 19.8 Å². The van der Waals surface area contributed by atoms with E-state index in [9.17, 15) is 9.59 Å². The lowest BCUT2D eigenvalue weighted by Gasteiger charge is -2.18.